The van der Waals surface area contributed by atoms with Crippen LogP contribution in [0.1, 0.15) is 34.8 Å². The lowest BCUT2D eigenvalue weighted by atomic mass is 9.94. The Morgan fingerprint density at radius 3 is 2.80 bits per heavy atom. The SMILES string of the molecule is C=C(F)C(=O)N1CCC(Cc2nc3c(s2)CCC3)CC1. The number of halogens is 1. The number of piperidine rings is 1. The Hall–Kier alpha value is -1.23. The monoisotopic (exact) mass is 294 g/mol. The summed E-state index contributed by atoms with van der Waals surface area (Å²) in [5.41, 5.74) is 1.31. The number of carbonyl (C=O) groups excluding carboxylic acids is 1. The quantitative estimate of drug-likeness (QED) is 0.803. The molecule has 1 aliphatic carbocycles. The third-order valence-corrected chi connectivity index (χ3v) is 5.42. The maximum atomic E-state index is 12.8. The van der Waals surface area contributed by atoms with Crippen molar-refractivity contribution in [2.45, 2.75) is 38.5 Å². The first-order valence-electron chi connectivity index (χ1n) is 7.24. The maximum absolute atomic E-state index is 12.8. The largest absolute Gasteiger partial charge is 0.337 e. The predicted molar refractivity (Wildman–Crippen MR) is 77.4 cm³/mol. The van der Waals surface area contributed by atoms with Crippen molar-refractivity contribution < 1.29 is 9.18 Å². The van der Waals surface area contributed by atoms with Crippen LogP contribution in [-0.2, 0) is 24.1 Å². The van der Waals surface area contributed by atoms with E-state index in [9.17, 15) is 9.18 Å². The van der Waals surface area contributed by atoms with Gasteiger partial charge in [-0.15, -0.1) is 11.3 Å². The van der Waals surface area contributed by atoms with Crippen molar-refractivity contribution in [3.05, 3.63) is 28.0 Å². The summed E-state index contributed by atoms with van der Waals surface area (Å²) < 4.78 is 12.8. The van der Waals surface area contributed by atoms with Gasteiger partial charge in [0, 0.05) is 24.4 Å². The van der Waals surface area contributed by atoms with Crippen molar-refractivity contribution in [3.63, 3.8) is 0 Å². The molecule has 3 nitrogen and oxygen atoms in total. The number of likely N-dealkylation sites (tertiary alicyclic amines) is 1. The standard InChI is InChI=1S/C15H19FN2OS/c1-10(16)15(19)18-7-5-11(6-8-18)9-14-17-12-3-2-4-13(12)20-14/h11H,1-9H2. The number of aromatic nitrogens is 1. The fourth-order valence-electron chi connectivity index (χ4n) is 3.09. The summed E-state index contributed by atoms with van der Waals surface area (Å²) in [6.45, 7) is 4.35. The van der Waals surface area contributed by atoms with Crippen LogP contribution in [0.25, 0.3) is 0 Å². The highest BCUT2D eigenvalue weighted by molar-refractivity contribution is 7.11. The van der Waals surface area contributed by atoms with Crippen LogP contribution in [0, 0.1) is 5.92 Å². The van der Waals surface area contributed by atoms with Gasteiger partial charge in [-0.2, -0.15) is 0 Å². The number of hydrogen-bond acceptors (Lipinski definition) is 3. The summed E-state index contributed by atoms with van der Waals surface area (Å²) in [5, 5.41) is 1.24. The summed E-state index contributed by atoms with van der Waals surface area (Å²) in [4.78, 5) is 19.3. The van der Waals surface area contributed by atoms with Crippen molar-refractivity contribution >= 4 is 17.2 Å². The lowest BCUT2D eigenvalue weighted by Gasteiger charge is -2.31. The molecule has 1 aliphatic heterocycles. The van der Waals surface area contributed by atoms with E-state index in [0.29, 0.717) is 19.0 Å². The van der Waals surface area contributed by atoms with E-state index < -0.39 is 11.7 Å². The van der Waals surface area contributed by atoms with E-state index in [0.717, 1.165) is 25.7 Å². The minimum absolute atomic E-state index is 0.545. The topological polar surface area (TPSA) is 33.2 Å². The molecule has 0 saturated carbocycles. The summed E-state index contributed by atoms with van der Waals surface area (Å²) in [6.07, 6.45) is 6.46. The molecule has 1 amide bonds. The van der Waals surface area contributed by atoms with Crippen LogP contribution in [0.5, 0.6) is 0 Å². The van der Waals surface area contributed by atoms with Crippen LogP contribution in [0.4, 0.5) is 4.39 Å². The molecule has 0 bridgehead atoms. The Morgan fingerprint density at radius 2 is 2.15 bits per heavy atom. The van der Waals surface area contributed by atoms with E-state index in [1.54, 1.807) is 4.90 Å². The second-order valence-electron chi connectivity index (χ2n) is 5.68. The molecule has 5 heteroatoms. The molecule has 0 aromatic carbocycles. The average Bonchev–Trinajstić information content (AvgIpc) is 2.99. The highest BCUT2D eigenvalue weighted by Gasteiger charge is 2.26. The van der Waals surface area contributed by atoms with E-state index in [1.165, 1.54) is 28.4 Å². The van der Waals surface area contributed by atoms with Crippen LogP contribution >= 0.6 is 11.3 Å². The zero-order valence-corrected chi connectivity index (χ0v) is 12.3. The van der Waals surface area contributed by atoms with Gasteiger partial charge in [0.25, 0.3) is 5.91 Å². The Balaban J connectivity index is 1.53. The molecule has 1 aromatic rings. The highest BCUT2D eigenvalue weighted by atomic mass is 32.1. The lowest BCUT2D eigenvalue weighted by molar-refractivity contribution is -0.130. The highest BCUT2D eigenvalue weighted by Crippen LogP contribution is 2.30. The molecule has 1 saturated heterocycles. The van der Waals surface area contributed by atoms with Gasteiger partial charge >= 0.3 is 0 Å². The summed E-state index contributed by atoms with van der Waals surface area (Å²) in [5.74, 6) is -0.824. The van der Waals surface area contributed by atoms with Gasteiger partial charge in [-0.05, 0) is 38.0 Å². The molecule has 0 unspecified atom stereocenters. The molecule has 1 aromatic heterocycles. The number of carbonyl (C=O) groups is 1. The number of amides is 1. The van der Waals surface area contributed by atoms with Gasteiger partial charge in [0.2, 0.25) is 0 Å². The van der Waals surface area contributed by atoms with E-state index in [2.05, 4.69) is 6.58 Å². The number of hydrogen-bond donors (Lipinski definition) is 0. The molecule has 1 fully saturated rings. The zero-order chi connectivity index (χ0) is 14.1. The number of rotatable bonds is 3. The van der Waals surface area contributed by atoms with Gasteiger partial charge in [0.05, 0.1) is 10.7 Å². The molecule has 2 aliphatic rings. The van der Waals surface area contributed by atoms with Crippen molar-refractivity contribution in [1.82, 2.24) is 9.88 Å². The molecule has 3 rings (SSSR count). The molecule has 0 radical (unpaired) electrons. The predicted octanol–water partition coefficient (Wildman–Crippen LogP) is 2.90. The van der Waals surface area contributed by atoms with Crippen LogP contribution in [0.15, 0.2) is 12.4 Å². The van der Waals surface area contributed by atoms with E-state index >= 15 is 0 Å². The number of nitrogens with zero attached hydrogens (tertiary/aromatic N) is 2. The van der Waals surface area contributed by atoms with Crippen molar-refractivity contribution in [2.24, 2.45) is 5.92 Å². The molecule has 108 valence electrons. The Kier molecular flexibility index (Phi) is 3.87. The zero-order valence-electron chi connectivity index (χ0n) is 11.5. The molecule has 0 N–H and O–H groups in total. The van der Waals surface area contributed by atoms with Crippen molar-refractivity contribution in [1.29, 1.82) is 0 Å². The molecular weight excluding hydrogens is 275 g/mol. The summed E-state index contributed by atoms with van der Waals surface area (Å²) in [6, 6.07) is 0. The first-order valence-corrected chi connectivity index (χ1v) is 8.06. The third kappa shape index (κ3) is 2.77. The average molecular weight is 294 g/mol. The lowest BCUT2D eigenvalue weighted by Crippen LogP contribution is -2.39. The van der Waals surface area contributed by atoms with Gasteiger partial charge in [0.1, 0.15) is 0 Å². The Bertz CT molecular complexity index is 510. The molecular formula is C15H19FN2OS. The normalized spacial score (nSPS) is 19.1. The van der Waals surface area contributed by atoms with E-state index in [-0.39, 0.29) is 0 Å². The molecule has 0 spiro atoms. The van der Waals surface area contributed by atoms with Gasteiger partial charge in [-0.3, -0.25) is 4.79 Å². The second kappa shape index (κ2) is 5.64. The Morgan fingerprint density at radius 1 is 1.40 bits per heavy atom. The molecule has 20 heavy (non-hydrogen) atoms. The van der Waals surface area contributed by atoms with Crippen LogP contribution in [0.2, 0.25) is 0 Å². The maximum Gasteiger partial charge on any atom is 0.281 e. The smallest absolute Gasteiger partial charge is 0.281 e. The summed E-state index contributed by atoms with van der Waals surface area (Å²) >= 11 is 1.86. The van der Waals surface area contributed by atoms with Crippen molar-refractivity contribution in [2.75, 3.05) is 13.1 Å². The fourth-order valence-corrected chi connectivity index (χ4v) is 4.36. The van der Waals surface area contributed by atoms with E-state index in [1.807, 2.05) is 11.3 Å². The van der Waals surface area contributed by atoms with Gasteiger partial charge in [-0.1, -0.05) is 6.58 Å². The number of aryl methyl sites for hydroxylation is 2. The molecule has 0 atom stereocenters. The van der Waals surface area contributed by atoms with Crippen LogP contribution < -0.4 is 0 Å². The van der Waals surface area contributed by atoms with Gasteiger partial charge in [0.15, 0.2) is 5.83 Å². The van der Waals surface area contributed by atoms with Crippen molar-refractivity contribution in [3.8, 4) is 0 Å². The minimum Gasteiger partial charge on any atom is -0.337 e. The van der Waals surface area contributed by atoms with Gasteiger partial charge < -0.3 is 4.90 Å². The summed E-state index contributed by atoms with van der Waals surface area (Å²) in [7, 11) is 0. The minimum atomic E-state index is -0.847. The number of thiazole rings is 1. The van der Waals surface area contributed by atoms with Crippen LogP contribution in [0.3, 0.4) is 0 Å². The van der Waals surface area contributed by atoms with Crippen LogP contribution in [-0.4, -0.2) is 28.9 Å². The second-order valence-corrected chi connectivity index (χ2v) is 6.84. The van der Waals surface area contributed by atoms with Gasteiger partial charge in [-0.25, -0.2) is 9.37 Å². The fraction of sp³-hybridized carbons (Fsp3) is 0.600. The number of fused-ring (bicyclic) bond motifs is 1. The molecule has 2 heterocycles. The Labute approximate surface area is 122 Å². The van der Waals surface area contributed by atoms with E-state index in [4.69, 9.17) is 4.98 Å². The first-order chi connectivity index (χ1) is 9.63. The third-order valence-electron chi connectivity index (χ3n) is 4.24. The first kappa shape index (κ1) is 13.7.